The third-order valence-corrected chi connectivity index (χ3v) is 3.49. The van der Waals surface area contributed by atoms with Gasteiger partial charge >= 0.3 is 0 Å². The smallest absolute Gasteiger partial charge is 0.242 e. The number of carbonyl (C=O) groups excluding carboxylic acids is 2. The standard InChI is InChI=1S/C13H14BrFN2O2/c1-2-16-7-13(19)17(8-12(16)18)6-9-3-10(14)5-11(15)4-9/h3-5H,2,6-8H2,1H3. The number of nitrogens with zero attached hydrogens (tertiary/aromatic N) is 2. The molecule has 0 spiro atoms. The fourth-order valence-corrected chi connectivity index (χ4v) is 2.57. The van der Waals surface area contributed by atoms with E-state index in [1.165, 1.54) is 21.9 Å². The Morgan fingerprint density at radius 3 is 2.42 bits per heavy atom. The summed E-state index contributed by atoms with van der Waals surface area (Å²) >= 11 is 3.21. The van der Waals surface area contributed by atoms with Gasteiger partial charge in [-0.25, -0.2) is 4.39 Å². The lowest BCUT2D eigenvalue weighted by atomic mass is 10.2. The largest absolute Gasteiger partial charge is 0.332 e. The summed E-state index contributed by atoms with van der Waals surface area (Å²) in [6, 6.07) is 4.47. The molecule has 1 fully saturated rings. The first kappa shape index (κ1) is 14.0. The molecule has 6 heteroatoms. The normalized spacial score (nSPS) is 16.2. The van der Waals surface area contributed by atoms with Gasteiger partial charge in [-0.1, -0.05) is 15.9 Å². The van der Waals surface area contributed by atoms with Gasteiger partial charge in [0, 0.05) is 17.6 Å². The summed E-state index contributed by atoms with van der Waals surface area (Å²) in [4.78, 5) is 26.6. The van der Waals surface area contributed by atoms with Crippen molar-refractivity contribution >= 4 is 27.7 Å². The van der Waals surface area contributed by atoms with E-state index in [-0.39, 0.29) is 37.3 Å². The number of likely N-dealkylation sites (N-methyl/N-ethyl adjacent to an activating group) is 1. The molecule has 0 atom stereocenters. The van der Waals surface area contributed by atoms with Gasteiger partial charge in [0.25, 0.3) is 0 Å². The lowest BCUT2D eigenvalue weighted by molar-refractivity contribution is -0.150. The van der Waals surface area contributed by atoms with Crippen LogP contribution in [0, 0.1) is 5.82 Å². The van der Waals surface area contributed by atoms with Crippen LogP contribution in [0.25, 0.3) is 0 Å². The maximum atomic E-state index is 13.3. The van der Waals surface area contributed by atoms with Crippen LogP contribution in [0.4, 0.5) is 4.39 Å². The SMILES string of the molecule is CCN1CC(=O)N(Cc2cc(F)cc(Br)c2)CC1=O. The van der Waals surface area contributed by atoms with Gasteiger partial charge in [0.1, 0.15) is 12.4 Å². The predicted molar refractivity (Wildman–Crippen MR) is 71.8 cm³/mol. The molecule has 0 unspecified atom stereocenters. The van der Waals surface area contributed by atoms with Gasteiger partial charge in [0.15, 0.2) is 0 Å². The Balaban J connectivity index is 2.11. The lowest BCUT2D eigenvalue weighted by Gasteiger charge is -2.33. The molecule has 1 aromatic rings. The second-order valence-electron chi connectivity index (χ2n) is 4.44. The molecular formula is C13H14BrFN2O2. The average molecular weight is 329 g/mol. The van der Waals surface area contributed by atoms with Crippen LogP contribution in [0.1, 0.15) is 12.5 Å². The molecule has 1 heterocycles. The highest BCUT2D eigenvalue weighted by atomic mass is 79.9. The van der Waals surface area contributed by atoms with E-state index < -0.39 is 0 Å². The summed E-state index contributed by atoms with van der Waals surface area (Å²) in [5.74, 6) is -0.547. The van der Waals surface area contributed by atoms with Crippen molar-refractivity contribution < 1.29 is 14.0 Å². The molecule has 0 radical (unpaired) electrons. The fraction of sp³-hybridized carbons (Fsp3) is 0.385. The van der Waals surface area contributed by atoms with Crippen molar-refractivity contribution in [2.45, 2.75) is 13.5 Å². The number of carbonyl (C=O) groups is 2. The number of piperazine rings is 1. The highest BCUT2D eigenvalue weighted by Crippen LogP contribution is 2.17. The van der Waals surface area contributed by atoms with Crippen LogP contribution in [-0.4, -0.2) is 41.2 Å². The lowest BCUT2D eigenvalue weighted by Crippen LogP contribution is -2.53. The number of hydrogen-bond donors (Lipinski definition) is 0. The van der Waals surface area contributed by atoms with Gasteiger partial charge in [0.05, 0.1) is 6.54 Å². The molecule has 0 saturated carbocycles. The summed E-state index contributed by atoms with van der Waals surface area (Å²) < 4.78 is 13.9. The van der Waals surface area contributed by atoms with E-state index in [0.717, 1.165) is 0 Å². The minimum absolute atomic E-state index is 0.0564. The van der Waals surface area contributed by atoms with Crippen molar-refractivity contribution in [3.63, 3.8) is 0 Å². The number of benzene rings is 1. The third kappa shape index (κ3) is 3.32. The Morgan fingerprint density at radius 1 is 1.16 bits per heavy atom. The first-order chi connectivity index (χ1) is 8.99. The molecule has 0 bridgehead atoms. The first-order valence-corrected chi connectivity index (χ1v) is 6.79. The summed E-state index contributed by atoms with van der Waals surface area (Å²) in [7, 11) is 0. The Kier molecular flexibility index (Phi) is 4.19. The van der Waals surface area contributed by atoms with Gasteiger partial charge in [-0.05, 0) is 30.7 Å². The summed E-state index contributed by atoms with van der Waals surface area (Å²) in [5, 5.41) is 0. The minimum Gasteiger partial charge on any atom is -0.332 e. The van der Waals surface area contributed by atoms with E-state index in [9.17, 15) is 14.0 Å². The third-order valence-electron chi connectivity index (χ3n) is 3.04. The zero-order chi connectivity index (χ0) is 14.0. The maximum Gasteiger partial charge on any atom is 0.242 e. The van der Waals surface area contributed by atoms with Crippen molar-refractivity contribution in [1.82, 2.24) is 9.80 Å². The van der Waals surface area contributed by atoms with Gasteiger partial charge in [-0.15, -0.1) is 0 Å². The van der Waals surface area contributed by atoms with Crippen LogP contribution in [-0.2, 0) is 16.1 Å². The molecule has 1 saturated heterocycles. The fourth-order valence-electron chi connectivity index (χ4n) is 2.06. The average Bonchev–Trinajstić information content (AvgIpc) is 2.32. The molecule has 4 nitrogen and oxygen atoms in total. The van der Waals surface area contributed by atoms with Gasteiger partial charge in [-0.2, -0.15) is 0 Å². The minimum atomic E-state index is -0.365. The molecule has 19 heavy (non-hydrogen) atoms. The van der Waals surface area contributed by atoms with Crippen LogP contribution < -0.4 is 0 Å². The van der Waals surface area contributed by atoms with Gasteiger partial charge < -0.3 is 9.80 Å². The number of halogens is 2. The Hall–Kier alpha value is -1.43. The molecule has 102 valence electrons. The van der Waals surface area contributed by atoms with Crippen LogP contribution in [0.3, 0.4) is 0 Å². The molecule has 0 aliphatic carbocycles. The van der Waals surface area contributed by atoms with Crippen molar-refractivity contribution in [1.29, 1.82) is 0 Å². The maximum absolute atomic E-state index is 13.3. The van der Waals surface area contributed by atoms with Gasteiger partial charge in [-0.3, -0.25) is 9.59 Å². The zero-order valence-electron chi connectivity index (χ0n) is 10.5. The highest BCUT2D eigenvalue weighted by Gasteiger charge is 2.28. The quantitative estimate of drug-likeness (QED) is 0.848. The Bertz CT molecular complexity index is 501. The zero-order valence-corrected chi connectivity index (χ0v) is 12.1. The molecule has 0 aromatic heterocycles. The van der Waals surface area contributed by atoms with Crippen molar-refractivity contribution in [2.24, 2.45) is 0 Å². The molecule has 2 rings (SSSR count). The highest BCUT2D eigenvalue weighted by molar-refractivity contribution is 9.10. The van der Waals surface area contributed by atoms with E-state index in [1.807, 2.05) is 6.92 Å². The Morgan fingerprint density at radius 2 is 1.79 bits per heavy atom. The van der Waals surface area contributed by atoms with Gasteiger partial charge in [0.2, 0.25) is 11.8 Å². The van der Waals surface area contributed by atoms with Crippen LogP contribution >= 0.6 is 15.9 Å². The Labute approximate surface area is 119 Å². The monoisotopic (exact) mass is 328 g/mol. The number of amides is 2. The number of rotatable bonds is 3. The van der Waals surface area contributed by atoms with Crippen LogP contribution in [0.2, 0.25) is 0 Å². The van der Waals surface area contributed by atoms with E-state index in [2.05, 4.69) is 15.9 Å². The summed E-state index contributed by atoms with van der Waals surface area (Å²) in [6.07, 6.45) is 0. The van der Waals surface area contributed by atoms with Crippen LogP contribution in [0.5, 0.6) is 0 Å². The molecule has 1 aliphatic rings. The summed E-state index contributed by atoms with van der Waals surface area (Å²) in [6.45, 7) is 2.78. The summed E-state index contributed by atoms with van der Waals surface area (Å²) in [5.41, 5.74) is 0.665. The number of hydrogen-bond acceptors (Lipinski definition) is 2. The van der Waals surface area contributed by atoms with Crippen molar-refractivity contribution in [3.8, 4) is 0 Å². The van der Waals surface area contributed by atoms with Crippen molar-refractivity contribution in [2.75, 3.05) is 19.6 Å². The van der Waals surface area contributed by atoms with E-state index in [4.69, 9.17) is 0 Å². The molecule has 0 N–H and O–H groups in total. The van der Waals surface area contributed by atoms with E-state index >= 15 is 0 Å². The molecule has 1 aliphatic heterocycles. The second-order valence-corrected chi connectivity index (χ2v) is 5.35. The van der Waals surface area contributed by atoms with Crippen molar-refractivity contribution in [3.05, 3.63) is 34.1 Å². The van der Waals surface area contributed by atoms with E-state index in [1.54, 1.807) is 6.07 Å². The molecular weight excluding hydrogens is 315 g/mol. The molecule has 1 aromatic carbocycles. The van der Waals surface area contributed by atoms with E-state index in [0.29, 0.717) is 16.6 Å². The first-order valence-electron chi connectivity index (χ1n) is 6.00. The van der Waals surface area contributed by atoms with Crippen LogP contribution in [0.15, 0.2) is 22.7 Å². The second kappa shape index (κ2) is 5.69. The molecule has 2 amide bonds. The predicted octanol–water partition coefficient (Wildman–Crippen LogP) is 1.78. The topological polar surface area (TPSA) is 40.6 Å².